The highest BCUT2D eigenvalue weighted by Crippen LogP contribution is 2.35. The fourth-order valence-electron chi connectivity index (χ4n) is 1.77. The average Bonchev–Trinajstić information content (AvgIpc) is 2.37. The van der Waals surface area contributed by atoms with Gasteiger partial charge in [-0.1, -0.05) is 41.4 Å². The molecule has 0 N–H and O–H groups in total. The summed E-state index contributed by atoms with van der Waals surface area (Å²) < 4.78 is 60.6. The molecule has 7 heteroatoms. The van der Waals surface area contributed by atoms with Crippen molar-refractivity contribution >= 4 is 21.4 Å². The smallest absolute Gasteiger partial charge is 0.214 e. The maximum atomic E-state index is 12.6. The topological polar surface area (TPSA) is 34.1 Å². The molecule has 0 spiro atoms. The van der Waals surface area contributed by atoms with Crippen molar-refractivity contribution in [3.63, 3.8) is 0 Å². The summed E-state index contributed by atoms with van der Waals surface area (Å²) in [5.74, 6) is 0. The van der Waals surface area contributed by atoms with E-state index < -0.39 is 20.2 Å². The zero-order chi connectivity index (χ0) is 15.8. The van der Waals surface area contributed by atoms with Crippen LogP contribution in [0.3, 0.4) is 0 Å². The summed E-state index contributed by atoms with van der Waals surface area (Å²) in [5.41, 5.74) is -3.78. The highest BCUT2D eigenvalue weighted by atomic mass is 35.5. The predicted molar refractivity (Wildman–Crippen MR) is 73.7 cm³/mol. The van der Waals surface area contributed by atoms with Gasteiger partial charge in [-0.3, -0.25) is 0 Å². The summed E-state index contributed by atoms with van der Waals surface area (Å²) in [7, 11) is -5.42. The number of halogens is 4. The Bertz CT molecular complexity index is 783. The van der Waals surface area contributed by atoms with E-state index >= 15 is 0 Å². The molecule has 2 aromatic carbocycles. The van der Waals surface area contributed by atoms with Crippen LogP contribution in [0.2, 0.25) is 5.02 Å². The summed E-state index contributed by atoms with van der Waals surface area (Å²) in [6.07, 6.45) is 0. The third kappa shape index (κ3) is 3.06. The van der Waals surface area contributed by atoms with Crippen molar-refractivity contribution in [1.82, 2.24) is 0 Å². The molecule has 0 aliphatic rings. The highest BCUT2D eigenvalue weighted by molar-refractivity contribution is 7.92. The molecule has 0 aromatic heterocycles. The van der Waals surface area contributed by atoms with Crippen LogP contribution in [-0.2, 0) is 9.84 Å². The zero-order valence-electron chi connectivity index (χ0n) is 10.7. The molecule has 2 nitrogen and oxygen atoms in total. The van der Waals surface area contributed by atoms with E-state index in [0.717, 1.165) is 17.7 Å². The Hall–Kier alpha value is -1.53. The second kappa shape index (κ2) is 5.35. The molecule has 0 saturated heterocycles. The lowest BCUT2D eigenvalue weighted by Crippen LogP contribution is -2.23. The molecular formula is C14H9ClF3O2S. The minimum Gasteiger partial charge on any atom is -0.214 e. The lowest BCUT2D eigenvalue weighted by atomic mass is 10.0. The molecule has 2 rings (SSSR count). The van der Waals surface area contributed by atoms with Crippen molar-refractivity contribution in [2.75, 3.05) is 0 Å². The van der Waals surface area contributed by atoms with E-state index in [1.165, 1.54) is 0 Å². The van der Waals surface area contributed by atoms with Crippen molar-refractivity contribution in [2.24, 2.45) is 0 Å². The fourth-order valence-corrected chi connectivity index (χ4v) is 2.74. The van der Waals surface area contributed by atoms with E-state index in [-0.39, 0.29) is 10.6 Å². The Balaban J connectivity index is 2.64. The van der Waals surface area contributed by atoms with Gasteiger partial charge >= 0.3 is 5.51 Å². The van der Waals surface area contributed by atoms with Crippen LogP contribution in [0.5, 0.6) is 0 Å². The average molecular weight is 334 g/mol. The predicted octanol–water partition coefficient (Wildman–Crippen LogP) is 4.41. The van der Waals surface area contributed by atoms with Crippen LogP contribution in [0.1, 0.15) is 5.56 Å². The summed E-state index contributed by atoms with van der Waals surface area (Å²) in [5, 5.41) is 0.0572. The monoisotopic (exact) mass is 333 g/mol. The second-order valence-electron chi connectivity index (χ2n) is 4.38. The molecule has 0 aliphatic carbocycles. The first-order valence-electron chi connectivity index (χ1n) is 5.72. The maximum Gasteiger partial charge on any atom is 0.501 e. The van der Waals surface area contributed by atoms with Gasteiger partial charge in [0.15, 0.2) is 0 Å². The van der Waals surface area contributed by atoms with E-state index in [2.05, 4.69) is 6.07 Å². The third-order valence-corrected chi connectivity index (χ3v) is 4.59. The van der Waals surface area contributed by atoms with Crippen molar-refractivity contribution in [3.8, 4) is 11.1 Å². The molecule has 2 aromatic rings. The number of aryl methyl sites for hydroxylation is 1. The van der Waals surface area contributed by atoms with Crippen molar-refractivity contribution < 1.29 is 21.6 Å². The Labute approximate surface area is 125 Å². The number of alkyl halides is 3. The van der Waals surface area contributed by atoms with Gasteiger partial charge in [0.1, 0.15) is 0 Å². The fraction of sp³-hybridized carbons (Fsp3) is 0.143. The lowest BCUT2D eigenvalue weighted by Gasteiger charge is -2.11. The van der Waals surface area contributed by atoms with Gasteiger partial charge in [0.2, 0.25) is 0 Å². The van der Waals surface area contributed by atoms with Crippen LogP contribution in [0, 0.1) is 13.0 Å². The molecule has 21 heavy (non-hydrogen) atoms. The van der Waals surface area contributed by atoms with Gasteiger partial charge in [0.25, 0.3) is 9.84 Å². The summed E-state index contributed by atoms with van der Waals surface area (Å²) >= 11 is 5.92. The minimum absolute atomic E-state index is 0.0572. The van der Waals surface area contributed by atoms with Crippen LogP contribution < -0.4 is 0 Å². The first-order valence-corrected chi connectivity index (χ1v) is 7.58. The Morgan fingerprint density at radius 2 is 1.86 bits per heavy atom. The van der Waals surface area contributed by atoms with Crippen LogP contribution in [-0.4, -0.2) is 13.9 Å². The zero-order valence-corrected chi connectivity index (χ0v) is 12.3. The van der Waals surface area contributed by atoms with Gasteiger partial charge in [-0.2, -0.15) is 13.2 Å². The van der Waals surface area contributed by atoms with Crippen molar-refractivity contribution in [3.05, 3.63) is 53.1 Å². The van der Waals surface area contributed by atoms with Crippen LogP contribution >= 0.6 is 11.6 Å². The van der Waals surface area contributed by atoms with Gasteiger partial charge in [0.05, 0.1) is 9.92 Å². The highest BCUT2D eigenvalue weighted by Gasteiger charge is 2.47. The summed E-state index contributed by atoms with van der Waals surface area (Å²) in [6.45, 7) is 1.80. The van der Waals surface area contributed by atoms with Gasteiger partial charge in [0, 0.05) is 11.6 Å². The second-order valence-corrected chi connectivity index (χ2v) is 6.70. The Kier molecular flexibility index (Phi) is 4.04. The molecule has 0 fully saturated rings. The number of hydrogen-bond donors (Lipinski definition) is 0. The number of benzene rings is 2. The standard InChI is InChI=1S/C14H9ClF3O2S/c1-9-3-2-4-10(7-9)12-8-11(5-6-13(12)15)21(19,20)14(16,17)18/h2-5,7-8H,1H3. The quantitative estimate of drug-likeness (QED) is 0.815. The van der Waals surface area contributed by atoms with Crippen LogP contribution in [0.15, 0.2) is 41.3 Å². The molecule has 0 amide bonds. The largest absolute Gasteiger partial charge is 0.501 e. The molecular weight excluding hydrogens is 325 g/mol. The van der Waals surface area contributed by atoms with Crippen LogP contribution in [0.4, 0.5) is 13.2 Å². The minimum atomic E-state index is -5.42. The molecule has 0 unspecified atom stereocenters. The normalized spacial score (nSPS) is 12.4. The molecule has 0 saturated carbocycles. The molecule has 0 atom stereocenters. The van der Waals surface area contributed by atoms with Crippen molar-refractivity contribution in [1.29, 1.82) is 0 Å². The van der Waals surface area contributed by atoms with Gasteiger partial charge < -0.3 is 0 Å². The number of rotatable bonds is 2. The van der Waals surface area contributed by atoms with Gasteiger partial charge in [-0.05, 0) is 24.6 Å². The first kappa shape index (κ1) is 15.9. The van der Waals surface area contributed by atoms with Gasteiger partial charge in [-0.25, -0.2) is 8.42 Å². The van der Waals surface area contributed by atoms with E-state index in [9.17, 15) is 21.6 Å². The Morgan fingerprint density at radius 1 is 1.19 bits per heavy atom. The third-order valence-electron chi connectivity index (χ3n) is 2.81. The molecule has 111 valence electrons. The summed E-state index contributed by atoms with van der Waals surface area (Å²) in [6, 6.07) is 10.8. The van der Waals surface area contributed by atoms with Crippen LogP contribution in [0.25, 0.3) is 11.1 Å². The maximum absolute atomic E-state index is 12.6. The lowest BCUT2D eigenvalue weighted by molar-refractivity contribution is -0.0436. The first-order chi connectivity index (χ1) is 9.63. The molecule has 0 aliphatic heterocycles. The molecule has 0 heterocycles. The van der Waals surface area contributed by atoms with Crippen molar-refractivity contribution in [2.45, 2.75) is 17.3 Å². The van der Waals surface area contributed by atoms with Gasteiger partial charge in [-0.15, -0.1) is 0 Å². The van der Waals surface area contributed by atoms with E-state index in [1.54, 1.807) is 31.2 Å². The molecule has 1 radical (unpaired) electrons. The van der Waals surface area contributed by atoms with E-state index in [0.29, 0.717) is 5.56 Å². The summed E-state index contributed by atoms with van der Waals surface area (Å²) in [4.78, 5) is -0.879. The SMILES string of the molecule is Cc1cccc(-c2cc(S(=O)(=O)C(F)(F)F)c[c]c2Cl)c1. The molecule has 0 bridgehead atoms. The van der Waals surface area contributed by atoms with E-state index in [1.807, 2.05) is 0 Å². The number of hydrogen-bond acceptors (Lipinski definition) is 2. The number of sulfone groups is 1. The Morgan fingerprint density at radius 3 is 2.43 bits per heavy atom. The van der Waals surface area contributed by atoms with E-state index in [4.69, 9.17) is 11.6 Å².